The molecule has 4 atom stereocenters. The van der Waals surface area contributed by atoms with Crippen LogP contribution in [0.2, 0.25) is 0 Å². The van der Waals surface area contributed by atoms with E-state index in [0.29, 0.717) is 12.8 Å². The molecule has 4 heteroatoms. The SMILES string of the molecule is COC(=O)C1C2CC(Cl)C1CC2=O. The number of fused-ring (bicyclic) bond motifs is 2. The maximum atomic E-state index is 11.3. The molecule has 0 radical (unpaired) electrons. The Morgan fingerprint density at radius 2 is 2.31 bits per heavy atom. The molecule has 0 aromatic rings. The van der Waals surface area contributed by atoms with Crippen LogP contribution in [0, 0.1) is 17.8 Å². The summed E-state index contributed by atoms with van der Waals surface area (Å²) in [4.78, 5) is 22.7. The molecule has 0 amide bonds. The van der Waals surface area contributed by atoms with Gasteiger partial charge >= 0.3 is 5.97 Å². The maximum absolute atomic E-state index is 11.3. The van der Waals surface area contributed by atoms with E-state index in [1.54, 1.807) is 0 Å². The Kier molecular flexibility index (Phi) is 2.06. The van der Waals surface area contributed by atoms with E-state index >= 15 is 0 Å². The molecule has 13 heavy (non-hydrogen) atoms. The fourth-order valence-corrected chi connectivity index (χ4v) is 2.97. The Morgan fingerprint density at radius 3 is 2.77 bits per heavy atom. The van der Waals surface area contributed by atoms with E-state index < -0.39 is 0 Å². The van der Waals surface area contributed by atoms with Crippen molar-refractivity contribution >= 4 is 23.4 Å². The van der Waals surface area contributed by atoms with Crippen molar-refractivity contribution in [2.75, 3.05) is 7.11 Å². The van der Waals surface area contributed by atoms with Gasteiger partial charge in [-0.1, -0.05) is 0 Å². The Hall–Kier alpha value is -0.570. The van der Waals surface area contributed by atoms with Crippen molar-refractivity contribution in [2.24, 2.45) is 17.8 Å². The number of rotatable bonds is 1. The number of halogens is 1. The molecule has 2 fully saturated rings. The summed E-state index contributed by atoms with van der Waals surface area (Å²) in [5.74, 6) is -0.507. The Morgan fingerprint density at radius 1 is 1.62 bits per heavy atom. The van der Waals surface area contributed by atoms with E-state index in [2.05, 4.69) is 4.74 Å². The van der Waals surface area contributed by atoms with Crippen LogP contribution in [0.15, 0.2) is 0 Å². The van der Waals surface area contributed by atoms with Gasteiger partial charge in [0.1, 0.15) is 5.78 Å². The second-order valence-electron chi connectivity index (χ2n) is 3.74. The third-order valence-corrected chi connectivity index (χ3v) is 3.66. The molecule has 0 aliphatic heterocycles. The van der Waals surface area contributed by atoms with Crippen molar-refractivity contribution in [1.82, 2.24) is 0 Å². The smallest absolute Gasteiger partial charge is 0.309 e. The summed E-state index contributed by atoms with van der Waals surface area (Å²) in [6, 6.07) is 0. The van der Waals surface area contributed by atoms with Gasteiger partial charge in [0, 0.05) is 17.7 Å². The predicted molar refractivity (Wildman–Crippen MR) is 46.4 cm³/mol. The topological polar surface area (TPSA) is 43.4 Å². The summed E-state index contributed by atoms with van der Waals surface area (Å²) < 4.78 is 4.66. The van der Waals surface area contributed by atoms with Crippen molar-refractivity contribution in [3.8, 4) is 0 Å². The van der Waals surface area contributed by atoms with Crippen molar-refractivity contribution in [3.05, 3.63) is 0 Å². The maximum Gasteiger partial charge on any atom is 0.309 e. The summed E-state index contributed by atoms with van der Waals surface area (Å²) in [6.45, 7) is 0. The number of hydrogen-bond acceptors (Lipinski definition) is 3. The highest BCUT2D eigenvalue weighted by atomic mass is 35.5. The molecule has 72 valence electrons. The fourth-order valence-electron chi connectivity index (χ4n) is 2.53. The predicted octanol–water partition coefficient (Wildman–Crippen LogP) is 0.992. The lowest BCUT2D eigenvalue weighted by molar-refractivity contribution is -0.147. The van der Waals surface area contributed by atoms with Crippen molar-refractivity contribution in [2.45, 2.75) is 18.2 Å². The van der Waals surface area contributed by atoms with E-state index in [4.69, 9.17) is 11.6 Å². The number of carbonyl (C=O) groups is 2. The molecular formula is C9H11ClO3. The van der Waals surface area contributed by atoms with Gasteiger partial charge in [-0.3, -0.25) is 9.59 Å². The molecule has 2 rings (SSSR count). The first-order chi connectivity index (χ1) is 6.15. The second kappa shape index (κ2) is 2.98. The number of alkyl halides is 1. The molecule has 0 heterocycles. The van der Waals surface area contributed by atoms with Gasteiger partial charge in [-0.25, -0.2) is 0 Å². The standard InChI is InChI=1S/C9H11ClO3/c1-13-9(12)8-4-3-7(11)5(8)2-6(4)10/h4-6,8H,2-3H2,1H3. The monoisotopic (exact) mass is 202 g/mol. The number of carbonyl (C=O) groups excluding carboxylic acids is 2. The number of hydrogen-bond donors (Lipinski definition) is 0. The quantitative estimate of drug-likeness (QED) is 0.471. The highest BCUT2D eigenvalue weighted by Crippen LogP contribution is 2.49. The zero-order valence-electron chi connectivity index (χ0n) is 7.33. The average molecular weight is 203 g/mol. The number of esters is 1. The van der Waals surface area contributed by atoms with Crippen molar-refractivity contribution < 1.29 is 14.3 Å². The number of Topliss-reactive ketones (excluding diaryl/α,β-unsaturated/α-hetero) is 1. The van der Waals surface area contributed by atoms with Crippen molar-refractivity contribution in [1.29, 1.82) is 0 Å². The van der Waals surface area contributed by atoms with Crippen LogP contribution in [-0.2, 0) is 14.3 Å². The average Bonchev–Trinajstić information content (AvgIpc) is 2.57. The molecular weight excluding hydrogens is 192 g/mol. The van der Waals surface area contributed by atoms with Crippen LogP contribution >= 0.6 is 11.6 Å². The van der Waals surface area contributed by atoms with Gasteiger partial charge in [-0.05, 0) is 12.3 Å². The van der Waals surface area contributed by atoms with E-state index in [0.717, 1.165) is 0 Å². The largest absolute Gasteiger partial charge is 0.469 e. The summed E-state index contributed by atoms with van der Waals surface area (Å²) in [5.41, 5.74) is 0. The first kappa shape index (κ1) is 9.00. The highest BCUT2D eigenvalue weighted by molar-refractivity contribution is 6.22. The molecule has 0 aromatic heterocycles. The van der Waals surface area contributed by atoms with Crippen LogP contribution in [0.4, 0.5) is 0 Å². The minimum atomic E-state index is -0.274. The Balaban J connectivity index is 2.22. The molecule has 2 aliphatic carbocycles. The fraction of sp³-hybridized carbons (Fsp3) is 0.778. The molecule has 0 spiro atoms. The normalized spacial score (nSPS) is 42.5. The lowest BCUT2D eigenvalue weighted by atomic mass is 9.98. The van der Waals surface area contributed by atoms with E-state index in [1.165, 1.54) is 7.11 Å². The minimum absolute atomic E-state index is 0.0200. The third-order valence-electron chi connectivity index (χ3n) is 3.16. The van der Waals surface area contributed by atoms with Crippen LogP contribution in [-0.4, -0.2) is 24.2 Å². The molecule has 2 bridgehead atoms. The zero-order valence-corrected chi connectivity index (χ0v) is 8.08. The van der Waals surface area contributed by atoms with Gasteiger partial charge in [-0.2, -0.15) is 0 Å². The van der Waals surface area contributed by atoms with Gasteiger partial charge in [-0.15, -0.1) is 11.6 Å². The Labute approximate surface area is 81.4 Å². The van der Waals surface area contributed by atoms with E-state index in [-0.39, 0.29) is 34.9 Å². The van der Waals surface area contributed by atoms with Gasteiger partial charge in [0.25, 0.3) is 0 Å². The molecule has 2 aliphatic rings. The number of ether oxygens (including phenoxy) is 1. The lowest BCUT2D eigenvalue weighted by Crippen LogP contribution is -2.22. The molecule has 0 N–H and O–H groups in total. The highest BCUT2D eigenvalue weighted by Gasteiger charge is 2.55. The first-order valence-electron chi connectivity index (χ1n) is 4.39. The van der Waals surface area contributed by atoms with Crippen LogP contribution in [0.1, 0.15) is 12.8 Å². The minimum Gasteiger partial charge on any atom is -0.469 e. The Bertz CT molecular complexity index is 264. The van der Waals surface area contributed by atoms with E-state index in [9.17, 15) is 9.59 Å². The molecule has 3 nitrogen and oxygen atoms in total. The van der Waals surface area contributed by atoms with E-state index in [1.807, 2.05) is 0 Å². The second-order valence-corrected chi connectivity index (χ2v) is 4.30. The molecule has 0 aromatic carbocycles. The van der Waals surface area contributed by atoms with Crippen LogP contribution in [0.5, 0.6) is 0 Å². The van der Waals surface area contributed by atoms with Crippen LogP contribution in [0.3, 0.4) is 0 Å². The zero-order chi connectivity index (χ0) is 9.59. The van der Waals surface area contributed by atoms with Crippen LogP contribution < -0.4 is 0 Å². The first-order valence-corrected chi connectivity index (χ1v) is 4.83. The van der Waals surface area contributed by atoms with Gasteiger partial charge in [0.2, 0.25) is 0 Å². The molecule has 2 saturated carbocycles. The summed E-state index contributed by atoms with van der Waals surface area (Å²) in [6.07, 6.45) is 1.10. The summed E-state index contributed by atoms with van der Waals surface area (Å²) in [5, 5.41) is -0.0215. The summed E-state index contributed by atoms with van der Waals surface area (Å²) >= 11 is 6.01. The molecule has 4 unspecified atom stereocenters. The lowest BCUT2D eigenvalue weighted by Gasteiger charge is -2.13. The van der Waals surface area contributed by atoms with Gasteiger partial charge < -0.3 is 4.74 Å². The number of ketones is 1. The number of methoxy groups -OCH3 is 1. The summed E-state index contributed by atoms with van der Waals surface area (Å²) in [7, 11) is 1.35. The van der Waals surface area contributed by atoms with Gasteiger partial charge in [0.15, 0.2) is 0 Å². The molecule has 0 saturated heterocycles. The third kappa shape index (κ3) is 1.17. The van der Waals surface area contributed by atoms with Crippen LogP contribution in [0.25, 0.3) is 0 Å². The van der Waals surface area contributed by atoms with Crippen molar-refractivity contribution in [3.63, 3.8) is 0 Å². The van der Waals surface area contributed by atoms with Gasteiger partial charge in [0.05, 0.1) is 13.0 Å².